The molecule has 0 saturated heterocycles. The lowest BCUT2D eigenvalue weighted by molar-refractivity contribution is 0.481. The van der Waals surface area contributed by atoms with Gasteiger partial charge >= 0.3 is 0 Å². The summed E-state index contributed by atoms with van der Waals surface area (Å²) in [6, 6.07) is 35.9. The van der Waals surface area contributed by atoms with Crippen LogP contribution in [-0.2, 0) is 20.2 Å². The second-order valence-corrected chi connectivity index (χ2v) is 16.6. The fourth-order valence-electron chi connectivity index (χ4n) is 5.74. The average molecular weight is 911 g/mol. The van der Waals surface area contributed by atoms with E-state index < -0.39 is 25.1 Å². The molecule has 0 amide bonds. The normalized spacial score (nSPS) is 12.1. The van der Waals surface area contributed by atoms with E-state index in [0.29, 0.717) is 63.6 Å². The van der Waals surface area contributed by atoms with E-state index in [1.807, 2.05) is 38.1 Å². The maximum atomic E-state index is 12.3. The Bertz CT molecular complexity index is 3190. The van der Waals surface area contributed by atoms with Gasteiger partial charge in [-0.15, -0.1) is 5.11 Å². The van der Waals surface area contributed by atoms with Crippen LogP contribution in [0.15, 0.2) is 184 Å². The van der Waals surface area contributed by atoms with E-state index >= 15 is 0 Å². The van der Waals surface area contributed by atoms with Gasteiger partial charge in [0.1, 0.15) is 10.6 Å². The molecule has 7 aromatic rings. The first-order valence-electron chi connectivity index (χ1n) is 19.4. The van der Waals surface area contributed by atoms with Gasteiger partial charge in [0.05, 0.1) is 44.7 Å². The van der Waals surface area contributed by atoms with Crippen LogP contribution >= 0.6 is 0 Å². The van der Waals surface area contributed by atoms with Gasteiger partial charge in [0.25, 0.3) is 20.2 Å². The molecule has 65 heavy (non-hydrogen) atoms. The quantitative estimate of drug-likeness (QED) is 0.0447. The smallest absolute Gasteiger partial charge is 0.296 e. The van der Waals surface area contributed by atoms with Crippen molar-refractivity contribution in [1.29, 1.82) is 0 Å². The van der Waals surface area contributed by atoms with Crippen molar-refractivity contribution in [2.24, 2.45) is 40.9 Å². The zero-order valence-electron chi connectivity index (χ0n) is 34.7. The zero-order chi connectivity index (χ0) is 46.0. The molecule has 0 fully saturated rings. The van der Waals surface area contributed by atoms with Gasteiger partial charge < -0.3 is 16.0 Å². The number of hydrogen-bond donors (Lipinski definition) is 5. The van der Waals surface area contributed by atoms with E-state index in [2.05, 4.69) is 71.8 Å². The van der Waals surface area contributed by atoms with Crippen LogP contribution < -0.4 is 16.0 Å². The third-order valence-corrected chi connectivity index (χ3v) is 10.7. The Morgan fingerprint density at radius 1 is 0.462 bits per heavy atom. The molecule has 5 N–H and O–H groups in total. The fraction of sp³-hybridized carbons (Fsp3) is 0.0930. The van der Waals surface area contributed by atoms with Crippen molar-refractivity contribution in [3.05, 3.63) is 145 Å². The first-order valence-corrected chi connectivity index (χ1v) is 22.3. The summed E-state index contributed by atoms with van der Waals surface area (Å²) in [6.45, 7) is 6.18. The van der Waals surface area contributed by atoms with Gasteiger partial charge in [0, 0.05) is 17.9 Å². The summed E-state index contributed by atoms with van der Waals surface area (Å²) in [5.41, 5.74) is 6.14. The SMILES string of the molecule is CCNc1nc(Nc2ccc(N=Nc3ccc(N=Nc4ccc(S(=O)(=O)O)cc4)cc3)c(C)c2)nc(Nc2ccc(N=Nc3ccc(N=Nc4ccccc4)cc3S(=O)(=O)O)c(C)c2)n1. The Kier molecular flexibility index (Phi) is 13.8. The van der Waals surface area contributed by atoms with Crippen molar-refractivity contribution in [3.8, 4) is 0 Å². The number of nitrogens with zero attached hydrogens (tertiary/aromatic N) is 11. The van der Waals surface area contributed by atoms with E-state index in [-0.39, 0.29) is 28.2 Å². The molecular weight excluding hydrogens is 873 g/mol. The van der Waals surface area contributed by atoms with Gasteiger partial charge in [-0.2, -0.15) is 67.6 Å². The van der Waals surface area contributed by atoms with Crippen LogP contribution in [0.2, 0.25) is 0 Å². The topological polar surface area (TPSA) is 282 Å². The van der Waals surface area contributed by atoms with E-state index in [4.69, 9.17) is 4.55 Å². The van der Waals surface area contributed by atoms with Gasteiger partial charge in [-0.3, -0.25) is 9.11 Å². The summed E-state index contributed by atoms with van der Waals surface area (Å²) in [7, 11) is -8.97. The fourth-order valence-corrected chi connectivity index (χ4v) is 6.87. The summed E-state index contributed by atoms with van der Waals surface area (Å²) in [5, 5.41) is 43.1. The van der Waals surface area contributed by atoms with Crippen LogP contribution in [0.3, 0.4) is 0 Å². The monoisotopic (exact) mass is 910 g/mol. The van der Waals surface area contributed by atoms with E-state index in [1.54, 1.807) is 73.7 Å². The van der Waals surface area contributed by atoms with E-state index in [9.17, 15) is 21.4 Å². The first-order chi connectivity index (χ1) is 31.2. The minimum absolute atomic E-state index is 0.0817. The summed E-state index contributed by atoms with van der Waals surface area (Å²) in [5.74, 6) is 0.850. The maximum absolute atomic E-state index is 12.3. The number of azo groups is 4. The van der Waals surface area contributed by atoms with Crippen LogP contribution in [0.5, 0.6) is 0 Å². The number of aryl methyl sites for hydroxylation is 2. The Hall–Kier alpha value is -8.05. The Morgan fingerprint density at radius 3 is 1.37 bits per heavy atom. The molecule has 0 unspecified atom stereocenters. The number of aromatic nitrogens is 3. The minimum atomic E-state index is -4.67. The van der Waals surface area contributed by atoms with Crippen LogP contribution in [0.25, 0.3) is 0 Å². The van der Waals surface area contributed by atoms with Gasteiger partial charge in [-0.05, 0) is 147 Å². The third-order valence-electron chi connectivity index (χ3n) is 8.94. The highest BCUT2D eigenvalue weighted by molar-refractivity contribution is 7.86. The van der Waals surface area contributed by atoms with Crippen molar-refractivity contribution in [1.82, 2.24) is 15.0 Å². The van der Waals surface area contributed by atoms with Crippen LogP contribution in [0.1, 0.15) is 18.1 Å². The highest BCUT2D eigenvalue weighted by atomic mass is 32.2. The molecule has 6 aromatic carbocycles. The standard InChI is InChI=1S/C43H38N14O6S2/c1-4-44-41-47-42(45-33-16-21-37(27(2)24-33)55-53-31-12-10-30(11-13-31)51-52-32-14-19-36(20-15-32)64(58,59)60)49-43(48-41)46-34-17-22-38(28(3)25-34)56-57-39-23-18-35(26-40(39)65(61,62)63)54-50-29-8-6-5-7-9-29/h5-26H,4H2,1-3H3,(H,58,59,60)(H,61,62,63)(H3,44,45,46,47,48,49). The number of hydrogen-bond acceptors (Lipinski definition) is 18. The molecule has 1 heterocycles. The molecule has 0 radical (unpaired) electrons. The predicted molar refractivity (Wildman–Crippen MR) is 245 cm³/mol. The van der Waals surface area contributed by atoms with Gasteiger partial charge in [0.2, 0.25) is 17.8 Å². The summed E-state index contributed by atoms with van der Waals surface area (Å²) in [4.78, 5) is 12.9. The molecule has 0 aliphatic heterocycles. The lowest BCUT2D eigenvalue weighted by atomic mass is 10.2. The van der Waals surface area contributed by atoms with E-state index in [0.717, 1.165) is 5.56 Å². The van der Waals surface area contributed by atoms with E-state index in [1.165, 1.54) is 42.5 Å². The zero-order valence-corrected chi connectivity index (χ0v) is 36.3. The molecule has 0 aliphatic rings. The second-order valence-electron chi connectivity index (χ2n) is 13.8. The molecule has 0 saturated carbocycles. The molecular formula is C43H38N14O6S2. The number of benzene rings is 6. The maximum Gasteiger partial charge on any atom is 0.296 e. The van der Waals surface area contributed by atoms with Crippen molar-refractivity contribution in [2.45, 2.75) is 30.6 Å². The molecule has 1 aromatic heterocycles. The predicted octanol–water partition coefficient (Wildman–Crippen LogP) is 12.6. The molecule has 7 rings (SSSR count). The van der Waals surface area contributed by atoms with Gasteiger partial charge in [-0.1, -0.05) is 18.2 Å². The molecule has 20 nitrogen and oxygen atoms in total. The largest absolute Gasteiger partial charge is 0.354 e. The van der Waals surface area contributed by atoms with Crippen LogP contribution in [0.4, 0.5) is 74.7 Å². The number of anilines is 5. The summed E-state index contributed by atoms with van der Waals surface area (Å²) in [6.07, 6.45) is 0. The van der Waals surface area contributed by atoms with Crippen LogP contribution in [-0.4, -0.2) is 47.4 Å². The van der Waals surface area contributed by atoms with Crippen molar-refractivity contribution in [2.75, 3.05) is 22.5 Å². The highest BCUT2D eigenvalue weighted by Crippen LogP contribution is 2.33. The van der Waals surface area contributed by atoms with Crippen molar-refractivity contribution in [3.63, 3.8) is 0 Å². The molecule has 328 valence electrons. The molecule has 0 aliphatic carbocycles. The lowest BCUT2D eigenvalue weighted by Crippen LogP contribution is -2.09. The Balaban J connectivity index is 0.998. The average Bonchev–Trinajstić information content (AvgIpc) is 3.27. The van der Waals surface area contributed by atoms with Gasteiger partial charge in [0.15, 0.2) is 0 Å². The highest BCUT2D eigenvalue weighted by Gasteiger charge is 2.17. The first kappa shape index (κ1) is 45.0. The van der Waals surface area contributed by atoms with Gasteiger partial charge in [-0.25, -0.2) is 0 Å². The minimum Gasteiger partial charge on any atom is -0.354 e. The Morgan fingerprint density at radius 2 is 0.877 bits per heavy atom. The summed E-state index contributed by atoms with van der Waals surface area (Å²) >= 11 is 0. The summed E-state index contributed by atoms with van der Waals surface area (Å²) < 4.78 is 66.1. The number of rotatable bonds is 16. The second kappa shape index (κ2) is 20.0. The third kappa shape index (κ3) is 12.5. The van der Waals surface area contributed by atoms with Crippen LogP contribution in [0, 0.1) is 13.8 Å². The molecule has 0 bridgehead atoms. The lowest BCUT2D eigenvalue weighted by Gasteiger charge is -2.12. The van der Waals surface area contributed by atoms with Crippen molar-refractivity contribution < 1.29 is 25.9 Å². The molecule has 22 heteroatoms. The molecule has 0 atom stereocenters. The molecule has 0 spiro atoms. The Labute approximate surface area is 373 Å². The number of nitrogens with one attached hydrogen (secondary N) is 3. The van der Waals surface area contributed by atoms with Crippen molar-refractivity contribution >= 4 is 95.0 Å².